The first-order valence-electron chi connectivity index (χ1n) is 2.56. The van der Waals surface area contributed by atoms with E-state index in [1.54, 1.807) is 6.07 Å². The van der Waals surface area contributed by atoms with Crippen LogP contribution in [0.1, 0.15) is 0 Å². The molecule has 11 heavy (non-hydrogen) atoms. The fraction of sp³-hybridized carbons (Fsp3) is 0. The second kappa shape index (κ2) is 7.60. The summed E-state index contributed by atoms with van der Waals surface area (Å²) in [6.07, 6.45) is 0. The van der Waals surface area contributed by atoms with Crippen LogP contribution in [-0.4, -0.2) is 46.6 Å². The van der Waals surface area contributed by atoms with E-state index in [-0.39, 0.29) is 41.1 Å². The predicted octanol–water partition coefficient (Wildman–Crippen LogP) is 0.264. The van der Waals surface area contributed by atoms with Crippen molar-refractivity contribution in [1.82, 2.24) is 0 Å². The first kappa shape index (κ1) is 13.1. The van der Waals surface area contributed by atoms with Crippen molar-refractivity contribution in [3.05, 3.63) is 24.3 Å². The van der Waals surface area contributed by atoms with Gasteiger partial charge in [-0.3, -0.25) is 0 Å². The van der Waals surface area contributed by atoms with Crippen molar-refractivity contribution in [2.75, 3.05) is 0 Å². The molecule has 0 radical (unpaired) electrons. The third kappa shape index (κ3) is 5.91. The van der Waals surface area contributed by atoms with Gasteiger partial charge in [-0.25, -0.2) is 0 Å². The van der Waals surface area contributed by atoms with Gasteiger partial charge in [0, 0.05) is 6.07 Å². The van der Waals surface area contributed by atoms with Gasteiger partial charge in [0.05, 0.1) is 0 Å². The minimum atomic E-state index is 0. The van der Waals surface area contributed by atoms with E-state index < -0.39 is 0 Å². The fourth-order valence-corrected chi connectivity index (χ4v) is 0.493. The summed E-state index contributed by atoms with van der Waals surface area (Å²) in [5, 5.41) is 17.3. The first-order chi connectivity index (χ1) is 4.79. The normalized spacial score (nSPS) is 6.91. The molecule has 0 aromatic heterocycles. The van der Waals surface area contributed by atoms with E-state index in [2.05, 4.69) is 0 Å². The van der Waals surface area contributed by atoms with Gasteiger partial charge in [-0.05, 0) is 12.1 Å². The predicted molar refractivity (Wildman–Crippen MR) is 44.0 cm³/mol. The molecule has 0 bridgehead atoms. The molecule has 3 nitrogen and oxygen atoms in total. The molecule has 0 spiro atoms. The Morgan fingerprint density at radius 3 is 1.64 bits per heavy atom. The maximum absolute atomic E-state index is 8.65. The molecule has 0 saturated carbocycles. The van der Waals surface area contributed by atoms with Crippen LogP contribution >= 0.6 is 0 Å². The molecule has 56 valence electrons. The number of rotatable bonds is 0. The van der Waals surface area contributed by atoms with Crippen LogP contribution in [0, 0.1) is 0 Å². The number of aromatic hydroxyl groups is 2. The average Bonchev–Trinajstić information content (AvgIpc) is 1.91. The van der Waals surface area contributed by atoms with Gasteiger partial charge in [-0.15, -0.1) is 0 Å². The van der Waals surface area contributed by atoms with Crippen LogP contribution in [0.3, 0.4) is 0 Å². The molecule has 0 aliphatic carbocycles. The summed E-state index contributed by atoms with van der Waals surface area (Å²) < 4.78 is 0. The quantitative estimate of drug-likeness (QED) is 0.541. The van der Waals surface area contributed by atoms with Gasteiger partial charge < -0.3 is 15.0 Å². The number of carbonyl (C=O) groups is 1. The Labute approximate surface area is 87.0 Å². The molecule has 0 unspecified atom stereocenters. The molecular formula is C7H9NaO3. The standard InChI is InChI=1S/C6H6O2.CH2O.Na.H/c7-5-2-1-3-6(8)4-5;1-2;;/h1-4,7-8H;1H2;;. The molecule has 0 amide bonds. The van der Waals surface area contributed by atoms with Crippen molar-refractivity contribution in [2.45, 2.75) is 0 Å². The Hall–Kier alpha value is -0.510. The summed E-state index contributed by atoms with van der Waals surface area (Å²) in [6.45, 7) is 2.00. The van der Waals surface area contributed by atoms with Gasteiger partial charge in [0.1, 0.15) is 18.3 Å². The molecule has 0 saturated heterocycles. The Morgan fingerprint density at radius 1 is 1.09 bits per heavy atom. The van der Waals surface area contributed by atoms with Crippen molar-refractivity contribution < 1.29 is 15.0 Å². The summed E-state index contributed by atoms with van der Waals surface area (Å²) in [5.41, 5.74) is 0. The van der Waals surface area contributed by atoms with Crippen LogP contribution in [0.5, 0.6) is 11.5 Å². The van der Waals surface area contributed by atoms with Gasteiger partial charge in [0.15, 0.2) is 0 Å². The van der Waals surface area contributed by atoms with E-state index in [9.17, 15) is 0 Å². The number of hydrogen-bond acceptors (Lipinski definition) is 3. The van der Waals surface area contributed by atoms with Gasteiger partial charge in [0.2, 0.25) is 0 Å². The maximum atomic E-state index is 8.65. The van der Waals surface area contributed by atoms with Crippen molar-refractivity contribution in [1.29, 1.82) is 0 Å². The molecule has 2 N–H and O–H groups in total. The zero-order chi connectivity index (χ0) is 7.98. The van der Waals surface area contributed by atoms with Crippen molar-refractivity contribution in [2.24, 2.45) is 0 Å². The van der Waals surface area contributed by atoms with Crippen molar-refractivity contribution >= 4 is 36.3 Å². The third-order valence-electron chi connectivity index (χ3n) is 0.830. The molecule has 0 atom stereocenters. The zero-order valence-electron chi connectivity index (χ0n) is 5.32. The molecular weight excluding hydrogens is 155 g/mol. The monoisotopic (exact) mass is 164 g/mol. The molecule has 4 heteroatoms. The third-order valence-corrected chi connectivity index (χ3v) is 0.830. The van der Waals surface area contributed by atoms with Crippen LogP contribution in [0.25, 0.3) is 0 Å². The Balaban J connectivity index is 0. The Kier molecular flexibility index (Phi) is 9.05. The summed E-state index contributed by atoms with van der Waals surface area (Å²) in [4.78, 5) is 8.00. The number of hydrogen-bond donors (Lipinski definition) is 2. The van der Waals surface area contributed by atoms with E-state index in [0.717, 1.165) is 0 Å². The van der Waals surface area contributed by atoms with Crippen LogP contribution in [0.4, 0.5) is 0 Å². The second-order valence-electron chi connectivity index (χ2n) is 1.52. The molecule has 0 fully saturated rings. The van der Waals surface area contributed by atoms with E-state index in [0.29, 0.717) is 0 Å². The summed E-state index contributed by atoms with van der Waals surface area (Å²) >= 11 is 0. The van der Waals surface area contributed by atoms with Gasteiger partial charge in [-0.1, -0.05) is 6.07 Å². The van der Waals surface area contributed by atoms with Gasteiger partial charge >= 0.3 is 29.6 Å². The topological polar surface area (TPSA) is 57.5 Å². The van der Waals surface area contributed by atoms with Gasteiger partial charge in [-0.2, -0.15) is 0 Å². The number of benzene rings is 1. The van der Waals surface area contributed by atoms with Crippen LogP contribution in [-0.2, 0) is 4.79 Å². The Morgan fingerprint density at radius 2 is 1.45 bits per heavy atom. The summed E-state index contributed by atoms with van der Waals surface area (Å²) in [6, 6.07) is 5.85. The first-order valence-corrected chi connectivity index (χ1v) is 2.56. The summed E-state index contributed by atoms with van der Waals surface area (Å²) in [5.74, 6) is 0.176. The molecule has 1 aromatic rings. The van der Waals surface area contributed by atoms with Crippen molar-refractivity contribution in [3.63, 3.8) is 0 Å². The van der Waals surface area contributed by atoms with E-state index in [4.69, 9.17) is 15.0 Å². The number of phenolic OH excluding ortho intramolecular Hbond substituents is 2. The number of phenols is 2. The summed E-state index contributed by atoms with van der Waals surface area (Å²) in [7, 11) is 0. The second-order valence-corrected chi connectivity index (χ2v) is 1.52. The molecule has 1 rings (SSSR count). The van der Waals surface area contributed by atoms with E-state index in [1.807, 2.05) is 6.79 Å². The average molecular weight is 164 g/mol. The fourth-order valence-electron chi connectivity index (χ4n) is 0.493. The van der Waals surface area contributed by atoms with Crippen LogP contribution in [0.15, 0.2) is 24.3 Å². The number of carbonyl (C=O) groups excluding carboxylic acids is 1. The van der Waals surface area contributed by atoms with Gasteiger partial charge in [0.25, 0.3) is 0 Å². The molecule has 1 aromatic carbocycles. The zero-order valence-corrected chi connectivity index (χ0v) is 5.32. The molecule has 0 heterocycles. The van der Waals surface area contributed by atoms with Crippen LogP contribution in [0.2, 0.25) is 0 Å². The van der Waals surface area contributed by atoms with Crippen LogP contribution < -0.4 is 0 Å². The minimum absolute atomic E-state index is 0. The SMILES string of the molecule is C=O.Oc1cccc(O)c1.[NaH]. The van der Waals surface area contributed by atoms with E-state index in [1.165, 1.54) is 18.2 Å². The molecule has 0 aliphatic heterocycles. The Bertz CT molecular complexity index is 185. The van der Waals surface area contributed by atoms with E-state index >= 15 is 0 Å². The van der Waals surface area contributed by atoms with Crippen molar-refractivity contribution in [3.8, 4) is 11.5 Å². The molecule has 0 aliphatic rings.